The van der Waals surface area contributed by atoms with Crippen LogP contribution in [-0.2, 0) is 11.8 Å². The summed E-state index contributed by atoms with van der Waals surface area (Å²) in [7, 11) is 3.49. The Kier molecular flexibility index (Phi) is 4.99. The van der Waals surface area contributed by atoms with Gasteiger partial charge in [-0.25, -0.2) is 4.98 Å². The largest absolute Gasteiger partial charge is 0.493 e. The summed E-state index contributed by atoms with van der Waals surface area (Å²) in [5.41, 5.74) is 1.62. The summed E-state index contributed by atoms with van der Waals surface area (Å²) >= 11 is 0. The van der Waals surface area contributed by atoms with Crippen molar-refractivity contribution in [2.75, 3.05) is 19.0 Å². The fourth-order valence-corrected chi connectivity index (χ4v) is 2.46. The van der Waals surface area contributed by atoms with Gasteiger partial charge in [0.15, 0.2) is 18.1 Å². The van der Waals surface area contributed by atoms with Gasteiger partial charge in [-0.3, -0.25) is 4.79 Å². The molecule has 25 heavy (non-hydrogen) atoms. The molecule has 2 aromatic carbocycles. The van der Waals surface area contributed by atoms with Crippen molar-refractivity contribution >= 4 is 11.6 Å². The Labute approximate surface area is 146 Å². The van der Waals surface area contributed by atoms with Crippen molar-refractivity contribution in [3.8, 4) is 22.9 Å². The maximum Gasteiger partial charge on any atom is 0.262 e. The van der Waals surface area contributed by atoms with Crippen LogP contribution in [0.5, 0.6) is 11.5 Å². The molecule has 0 saturated heterocycles. The second-order valence-corrected chi connectivity index (χ2v) is 5.43. The summed E-state index contributed by atoms with van der Waals surface area (Å²) in [6.45, 7) is -0.104. The molecule has 3 rings (SSSR count). The van der Waals surface area contributed by atoms with E-state index in [1.54, 1.807) is 25.4 Å². The minimum absolute atomic E-state index is 0.104. The monoisotopic (exact) mass is 337 g/mol. The maximum absolute atomic E-state index is 12.2. The Morgan fingerprint density at radius 1 is 1.16 bits per heavy atom. The average Bonchev–Trinajstić information content (AvgIpc) is 3.06. The molecule has 6 heteroatoms. The number of ether oxygens (including phenoxy) is 2. The normalized spacial score (nSPS) is 10.3. The second kappa shape index (κ2) is 7.53. The van der Waals surface area contributed by atoms with Crippen LogP contribution >= 0.6 is 0 Å². The average molecular weight is 337 g/mol. The second-order valence-electron chi connectivity index (χ2n) is 5.43. The van der Waals surface area contributed by atoms with E-state index in [-0.39, 0.29) is 12.5 Å². The highest BCUT2D eigenvalue weighted by atomic mass is 16.5. The summed E-state index contributed by atoms with van der Waals surface area (Å²) < 4.78 is 12.7. The highest BCUT2D eigenvalue weighted by Gasteiger charge is 2.09. The van der Waals surface area contributed by atoms with E-state index in [4.69, 9.17) is 9.47 Å². The molecule has 0 aliphatic rings. The van der Waals surface area contributed by atoms with Crippen molar-refractivity contribution in [2.45, 2.75) is 0 Å². The van der Waals surface area contributed by atoms with E-state index in [9.17, 15) is 4.79 Å². The molecule has 1 heterocycles. The Morgan fingerprint density at radius 3 is 2.68 bits per heavy atom. The number of amides is 1. The predicted octanol–water partition coefficient (Wildman–Crippen LogP) is 3.11. The first-order valence-electron chi connectivity index (χ1n) is 7.81. The highest BCUT2D eigenvalue weighted by molar-refractivity contribution is 5.92. The molecule has 6 nitrogen and oxygen atoms in total. The topological polar surface area (TPSA) is 65.4 Å². The summed E-state index contributed by atoms with van der Waals surface area (Å²) in [6.07, 6.45) is 3.61. The van der Waals surface area contributed by atoms with Crippen molar-refractivity contribution in [1.82, 2.24) is 9.55 Å². The number of nitrogens with one attached hydrogen (secondary N) is 1. The van der Waals surface area contributed by atoms with Crippen LogP contribution in [0.25, 0.3) is 11.4 Å². The zero-order valence-corrected chi connectivity index (χ0v) is 14.1. The number of para-hydroxylation sites is 2. The van der Waals surface area contributed by atoms with Gasteiger partial charge in [-0.2, -0.15) is 0 Å². The number of carbonyl (C=O) groups is 1. The third kappa shape index (κ3) is 3.98. The summed E-state index contributed by atoms with van der Waals surface area (Å²) in [5.74, 6) is 1.71. The van der Waals surface area contributed by atoms with E-state index in [1.807, 2.05) is 54.2 Å². The van der Waals surface area contributed by atoms with Gasteiger partial charge in [0.2, 0.25) is 0 Å². The Bertz CT molecular complexity index is 874. The van der Waals surface area contributed by atoms with Crippen LogP contribution in [-0.4, -0.2) is 29.2 Å². The first-order valence-corrected chi connectivity index (χ1v) is 7.81. The standard InChI is InChI=1S/C19H19N3O3/c1-22-11-10-20-19(22)14-6-5-7-15(12-14)21-18(23)13-25-17-9-4-3-8-16(17)24-2/h3-12H,13H2,1-2H3,(H,21,23). The van der Waals surface area contributed by atoms with Gasteiger partial charge in [-0.1, -0.05) is 24.3 Å². The molecule has 1 N–H and O–H groups in total. The number of hydrogen-bond acceptors (Lipinski definition) is 4. The molecule has 0 spiro atoms. The molecular formula is C19H19N3O3. The van der Waals surface area contributed by atoms with Crippen molar-refractivity contribution in [2.24, 2.45) is 7.05 Å². The number of carbonyl (C=O) groups excluding carboxylic acids is 1. The van der Waals surface area contributed by atoms with E-state index < -0.39 is 0 Å². The SMILES string of the molecule is COc1ccccc1OCC(=O)Nc1cccc(-c2nccn2C)c1. The fourth-order valence-electron chi connectivity index (χ4n) is 2.46. The number of rotatable bonds is 6. The number of benzene rings is 2. The van der Waals surface area contributed by atoms with Crippen molar-refractivity contribution in [1.29, 1.82) is 0 Å². The van der Waals surface area contributed by atoms with E-state index in [1.165, 1.54) is 0 Å². The van der Waals surface area contributed by atoms with Gasteiger partial charge >= 0.3 is 0 Å². The number of methoxy groups -OCH3 is 1. The summed E-state index contributed by atoms with van der Waals surface area (Å²) in [5, 5.41) is 2.83. The smallest absolute Gasteiger partial charge is 0.262 e. The van der Waals surface area contributed by atoms with Gasteiger partial charge in [-0.05, 0) is 24.3 Å². The molecule has 0 radical (unpaired) electrons. The Hall–Kier alpha value is -3.28. The number of nitrogens with zero attached hydrogens (tertiary/aromatic N) is 2. The van der Waals surface area contributed by atoms with E-state index in [0.717, 1.165) is 11.4 Å². The first-order chi connectivity index (χ1) is 12.2. The van der Waals surface area contributed by atoms with Crippen LogP contribution in [0.1, 0.15) is 0 Å². The molecule has 0 fully saturated rings. The van der Waals surface area contributed by atoms with Crippen molar-refractivity contribution < 1.29 is 14.3 Å². The van der Waals surface area contributed by atoms with Gasteiger partial charge in [0.05, 0.1) is 7.11 Å². The van der Waals surface area contributed by atoms with Crippen molar-refractivity contribution in [3.05, 3.63) is 60.9 Å². The molecule has 128 valence electrons. The van der Waals surface area contributed by atoms with Crippen LogP contribution in [0.4, 0.5) is 5.69 Å². The summed E-state index contributed by atoms with van der Waals surface area (Å²) in [6, 6.07) is 14.7. The maximum atomic E-state index is 12.2. The van der Waals surface area contributed by atoms with Gasteiger partial charge in [0.1, 0.15) is 5.82 Å². The first kappa shape index (κ1) is 16.6. The van der Waals surface area contributed by atoms with Gasteiger partial charge in [0, 0.05) is 30.7 Å². The number of aromatic nitrogens is 2. The lowest BCUT2D eigenvalue weighted by Crippen LogP contribution is -2.20. The number of imidazole rings is 1. The third-order valence-electron chi connectivity index (χ3n) is 3.65. The Balaban J connectivity index is 1.64. The molecule has 0 unspecified atom stereocenters. The van der Waals surface area contributed by atoms with Crippen LogP contribution in [0.3, 0.4) is 0 Å². The highest BCUT2D eigenvalue weighted by Crippen LogP contribution is 2.25. The molecule has 1 amide bonds. The Morgan fingerprint density at radius 2 is 1.96 bits per heavy atom. The quantitative estimate of drug-likeness (QED) is 0.750. The lowest BCUT2D eigenvalue weighted by Gasteiger charge is -2.11. The zero-order chi connectivity index (χ0) is 17.6. The van der Waals surface area contributed by atoms with E-state index >= 15 is 0 Å². The molecule has 0 aliphatic heterocycles. The van der Waals surface area contributed by atoms with Crippen LogP contribution in [0.15, 0.2) is 60.9 Å². The van der Waals surface area contributed by atoms with Crippen LogP contribution < -0.4 is 14.8 Å². The molecule has 0 saturated carbocycles. The zero-order valence-electron chi connectivity index (χ0n) is 14.1. The van der Waals surface area contributed by atoms with E-state index in [0.29, 0.717) is 17.2 Å². The van der Waals surface area contributed by atoms with Crippen molar-refractivity contribution in [3.63, 3.8) is 0 Å². The fraction of sp³-hybridized carbons (Fsp3) is 0.158. The number of anilines is 1. The molecule has 0 atom stereocenters. The molecule has 0 bridgehead atoms. The number of hydrogen-bond donors (Lipinski definition) is 1. The molecular weight excluding hydrogens is 318 g/mol. The van der Waals surface area contributed by atoms with Gasteiger partial charge in [0.25, 0.3) is 5.91 Å². The minimum Gasteiger partial charge on any atom is -0.493 e. The third-order valence-corrected chi connectivity index (χ3v) is 3.65. The lowest BCUT2D eigenvalue weighted by atomic mass is 10.2. The molecule has 1 aromatic heterocycles. The molecule has 3 aromatic rings. The van der Waals surface area contributed by atoms with Gasteiger partial charge in [-0.15, -0.1) is 0 Å². The summed E-state index contributed by atoms with van der Waals surface area (Å²) in [4.78, 5) is 16.5. The van der Waals surface area contributed by atoms with E-state index in [2.05, 4.69) is 10.3 Å². The minimum atomic E-state index is -0.247. The van der Waals surface area contributed by atoms with Gasteiger partial charge < -0.3 is 19.4 Å². The lowest BCUT2D eigenvalue weighted by molar-refractivity contribution is -0.118. The predicted molar refractivity (Wildman–Crippen MR) is 95.8 cm³/mol. The van der Waals surface area contributed by atoms with Crippen LogP contribution in [0, 0.1) is 0 Å². The number of aryl methyl sites for hydroxylation is 1. The molecule has 0 aliphatic carbocycles. The van der Waals surface area contributed by atoms with Crippen LogP contribution in [0.2, 0.25) is 0 Å².